The summed E-state index contributed by atoms with van der Waals surface area (Å²) >= 11 is 2.34. The molecule has 2 aromatic carbocycles. The number of nitrogens with zero attached hydrogens (tertiary/aromatic N) is 6. The summed E-state index contributed by atoms with van der Waals surface area (Å²) in [5.41, 5.74) is 1.28. The molecule has 0 aliphatic heterocycles. The zero-order valence-electron chi connectivity index (χ0n) is 16.5. The van der Waals surface area contributed by atoms with E-state index < -0.39 is 15.9 Å². The van der Waals surface area contributed by atoms with Crippen molar-refractivity contribution in [2.75, 3.05) is 16.3 Å². The number of amides is 1. The summed E-state index contributed by atoms with van der Waals surface area (Å²) in [6.07, 6.45) is 1.01. The van der Waals surface area contributed by atoms with Crippen LogP contribution < -0.4 is 10.0 Å². The van der Waals surface area contributed by atoms with E-state index in [9.17, 15) is 13.2 Å². The minimum absolute atomic E-state index is 0.0678. The molecule has 0 fully saturated rings. The van der Waals surface area contributed by atoms with Gasteiger partial charge in [0, 0.05) is 4.90 Å². The number of nitrogens with one attached hydrogen (secondary N) is 2. The maximum absolute atomic E-state index is 12.8. The molecule has 0 aliphatic carbocycles. The second-order valence-electron chi connectivity index (χ2n) is 6.37. The Morgan fingerprint density at radius 3 is 2.53 bits per heavy atom. The number of rotatable bonds is 8. The van der Waals surface area contributed by atoms with E-state index in [4.69, 9.17) is 0 Å². The molecule has 0 spiro atoms. The molecule has 0 unspecified atom stereocenters. The summed E-state index contributed by atoms with van der Waals surface area (Å²) in [4.78, 5) is 13.5. The fraction of sp³-hybridized carbons (Fsp3) is 0.111. The molecular formula is C18H16N8O3S3. The summed E-state index contributed by atoms with van der Waals surface area (Å²) in [6.45, 7) is 0. The average Bonchev–Trinajstić information content (AvgIpc) is 3.41. The molecule has 2 N–H and O–H groups in total. The van der Waals surface area contributed by atoms with Gasteiger partial charge in [-0.1, -0.05) is 41.7 Å². The van der Waals surface area contributed by atoms with Crippen molar-refractivity contribution in [1.29, 1.82) is 0 Å². The molecule has 0 aliphatic rings. The van der Waals surface area contributed by atoms with Gasteiger partial charge in [0.15, 0.2) is 5.82 Å². The summed E-state index contributed by atoms with van der Waals surface area (Å²) < 4.78 is 26.5. The number of sulfonamides is 1. The monoisotopic (exact) mass is 488 g/mol. The smallest absolute Gasteiger partial charge is 0.258 e. The first-order chi connectivity index (χ1) is 15.4. The molecule has 2 aromatic heterocycles. The zero-order valence-corrected chi connectivity index (χ0v) is 19.0. The Hall–Kier alpha value is -3.36. The van der Waals surface area contributed by atoms with Crippen LogP contribution in [0.3, 0.4) is 0 Å². The van der Waals surface area contributed by atoms with Crippen LogP contribution in [0.2, 0.25) is 0 Å². The highest BCUT2D eigenvalue weighted by atomic mass is 32.2. The van der Waals surface area contributed by atoms with Gasteiger partial charge in [0.1, 0.15) is 0 Å². The molecule has 4 aromatic rings. The lowest BCUT2D eigenvalue weighted by Crippen LogP contribution is -2.13. The first-order valence-electron chi connectivity index (χ1n) is 9.06. The molecule has 0 radical (unpaired) electrons. The van der Waals surface area contributed by atoms with Crippen molar-refractivity contribution in [2.45, 2.75) is 10.6 Å². The number of hydrogen-bond acceptors (Lipinski definition) is 10. The van der Waals surface area contributed by atoms with Gasteiger partial charge >= 0.3 is 0 Å². The summed E-state index contributed by atoms with van der Waals surface area (Å²) in [7, 11) is -3.48. The molecule has 1 amide bonds. The number of aromatic nitrogens is 6. The van der Waals surface area contributed by atoms with E-state index in [2.05, 4.69) is 35.8 Å². The fourth-order valence-corrected chi connectivity index (χ4v) is 5.05. The second kappa shape index (κ2) is 9.42. The Bertz CT molecular complexity index is 1340. The Morgan fingerprint density at radius 1 is 1.03 bits per heavy atom. The van der Waals surface area contributed by atoms with Crippen LogP contribution in [0.25, 0.3) is 5.69 Å². The number of tetrazole rings is 1. The average molecular weight is 489 g/mol. The highest BCUT2D eigenvalue weighted by molar-refractivity contribution is 7.98. The largest absolute Gasteiger partial charge is 0.296 e. The van der Waals surface area contributed by atoms with Crippen molar-refractivity contribution in [1.82, 2.24) is 30.4 Å². The molecule has 2 heterocycles. The van der Waals surface area contributed by atoms with Crippen molar-refractivity contribution >= 4 is 49.3 Å². The van der Waals surface area contributed by atoms with Gasteiger partial charge in [0.2, 0.25) is 20.3 Å². The Balaban J connectivity index is 1.47. The zero-order chi connectivity index (χ0) is 22.6. The molecule has 4 rings (SSSR count). The van der Waals surface area contributed by atoms with Gasteiger partial charge in [0.05, 0.1) is 23.3 Å². The van der Waals surface area contributed by atoms with E-state index >= 15 is 0 Å². The van der Waals surface area contributed by atoms with Crippen LogP contribution in [0, 0.1) is 0 Å². The van der Waals surface area contributed by atoms with E-state index in [1.807, 2.05) is 42.5 Å². The van der Waals surface area contributed by atoms with Crippen LogP contribution in [0.15, 0.2) is 59.5 Å². The Labute approximate surface area is 191 Å². The minimum atomic E-state index is -3.48. The van der Waals surface area contributed by atoms with Crippen LogP contribution in [-0.4, -0.2) is 51.0 Å². The van der Waals surface area contributed by atoms with Crippen molar-refractivity contribution in [3.63, 3.8) is 0 Å². The fourth-order valence-electron chi connectivity index (χ4n) is 2.63. The van der Waals surface area contributed by atoms with E-state index in [0.29, 0.717) is 17.1 Å². The number of hydrogen-bond donors (Lipinski definition) is 2. The van der Waals surface area contributed by atoms with Crippen LogP contribution >= 0.6 is 23.1 Å². The lowest BCUT2D eigenvalue weighted by atomic mass is 10.2. The van der Waals surface area contributed by atoms with E-state index in [1.54, 1.807) is 16.8 Å². The lowest BCUT2D eigenvalue weighted by Gasteiger charge is -2.08. The third-order valence-electron chi connectivity index (χ3n) is 3.94. The molecule has 14 heteroatoms. The molecule has 32 heavy (non-hydrogen) atoms. The third kappa shape index (κ3) is 5.46. The Kier molecular flexibility index (Phi) is 6.43. The van der Waals surface area contributed by atoms with Crippen molar-refractivity contribution in [2.24, 2.45) is 0 Å². The van der Waals surface area contributed by atoms with Gasteiger partial charge in [-0.15, -0.1) is 27.1 Å². The topological polar surface area (TPSA) is 145 Å². The highest BCUT2D eigenvalue weighted by Crippen LogP contribution is 2.28. The van der Waals surface area contributed by atoms with Crippen LogP contribution in [0.1, 0.15) is 16.2 Å². The van der Waals surface area contributed by atoms with Crippen molar-refractivity contribution in [3.8, 4) is 5.69 Å². The van der Waals surface area contributed by atoms with Gasteiger partial charge in [-0.3, -0.25) is 14.8 Å². The third-order valence-corrected chi connectivity index (χ3v) is 6.46. The van der Waals surface area contributed by atoms with Gasteiger partial charge in [-0.2, -0.15) is 4.68 Å². The minimum Gasteiger partial charge on any atom is -0.296 e. The number of thioether (sulfide) groups is 1. The number of carbonyl (C=O) groups is 1. The van der Waals surface area contributed by atoms with E-state index in [0.717, 1.165) is 28.2 Å². The summed E-state index contributed by atoms with van der Waals surface area (Å²) in [5.74, 6) is 0.683. The van der Waals surface area contributed by atoms with Gasteiger partial charge in [-0.25, -0.2) is 8.42 Å². The second-order valence-corrected chi connectivity index (χ2v) is 10.1. The van der Waals surface area contributed by atoms with Crippen LogP contribution in [0.5, 0.6) is 0 Å². The summed E-state index contributed by atoms with van der Waals surface area (Å²) in [5, 5.41) is 22.3. The SMILES string of the molecule is CS(=O)(=O)Nc1nnc(NC(=O)c2ccccc2SCc2nnnn2-c2ccccc2)s1. The van der Waals surface area contributed by atoms with Gasteiger partial charge in [-0.05, 0) is 34.7 Å². The van der Waals surface area contributed by atoms with Gasteiger partial charge < -0.3 is 0 Å². The first kappa shape index (κ1) is 21.9. The first-order valence-corrected chi connectivity index (χ1v) is 12.8. The van der Waals surface area contributed by atoms with Crippen molar-refractivity contribution in [3.05, 3.63) is 66.0 Å². The van der Waals surface area contributed by atoms with E-state index in [-0.39, 0.29) is 10.3 Å². The predicted molar refractivity (Wildman–Crippen MR) is 121 cm³/mol. The maximum atomic E-state index is 12.8. The lowest BCUT2D eigenvalue weighted by molar-refractivity contribution is 0.102. The maximum Gasteiger partial charge on any atom is 0.258 e. The van der Waals surface area contributed by atoms with Crippen LogP contribution in [0.4, 0.5) is 10.3 Å². The van der Waals surface area contributed by atoms with Gasteiger partial charge in [0.25, 0.3) is 5.91 Å². The number of benzene rings is 2. The van der Waals surface area contributed by atoms with Crippen molar-refractivity contribution < 1.29 is 13.2 Å². The number of anilines is 2. The standard InChI is InChI=1S/C18H16N8O3S3/c1-32(28,29)23-18-22-21-17(31-18)19-16(27)13-9-5-6-10-14(13)30-11-15-20-24-25-26(15)12-7-3-2-4-8-12/h2-10H,11H2,1H3,(H,22,23)(H,19,21,27). The molecule has 0 atom stereocenters. The van der Waals surface area contributed by atoms with Crippen LogP contribution in [-0.2, 0) is 15.8 Å². The number of carbonyl (C=O) groups excluding carboxylic acids is 1. The molecule has 0 saturated heterocycles. The molecule has 164 valence electrons. The predicted octanol–water partition coefficient (Wildman–Crippen LogP) is 2.43. The molecule has 11 nitrogen and oxygen atoms in total. The van der Waals surface area contributed by atoms with E-state index in [1.165, 1.54) is 11.8 Å². The molecule has 0 bridgehead atoms. The number of para-hydroxylation sites is 1. The highest BCUT2D eigenvalue weighted by Gasteiger charge is 2.16. The summed E-state index contributed by atoms with van der Waals surface area (Å²) in [6, 6.07) is 16.6. The molecular weight excluding hydrogens is 472 g/mol. The quantitative estimate of drug-likeness (QED) is 0.357. The normalized spacial score (nSPS) is 11.3. The molecule has 0 saturated carbocycles. The Morgan fingerprint density at radius 2 is 1.75 bits per heavy atom.